The molecule has 2 amide bonds. The van der Waals surface area contributed by atoms with E-state index in [1.165, 1.54) is 16.7 Å². The molecular formula is C31H37N3O2. The van der Waals surface area contributed by atoms with Gasteiger partial charge in [-0.1, -0.05) is 97.9 Å². The van der Waals surface area contributed by atoms with Gasteiger partial charge in [0.2, 0.25) is 11.8 Å². The van der Waals surface area contributed by atoms with Crippen molar-refractivity contribution in [3.05, 3.63) is 108 Å². The average molecular weight is 484 g/mol. The van der Waals surface area contributed by atoms with Gasteiger partial charge in [-0.3, -0.25) is 14.5 Å². The molecular weight excluding hydrogens is 446 g/mol. The van der Waals surface area contributed by atoms with Crippen LogP contribution in [0.3, 0.4) is 0 Å². The normalized spacial score (nSPS) is 14.1. The predicted molar refractivity (Wildman–Crippen MR) is 145 cm³/mol. The van der Waals surface area contributed by atoms with Gasteiger partial charge in [0, 0.05) is 52.1 Å². The molecule has 0 bridgehead atoms. The van der Waals surface area contributed by atoms with Crippen LogP contribution in [-0.2, 0) is 16.0 Å². The summed E-state index contributed by atoms with van der Waals surface area (Å²) >= 11 is 0. The SMILES string of the molecule is CCC(=O)N(CCC(=O)N1CCN(C(c2ccccc2)c2ccccc2)CC1)CCc1ccccc1. The predicted octanol–water partition coefficient (Wildman–Crippen LogP) is 4.79. The minimum atomic E-state index is 0.108. The first-order valence-corrected chi connectivity index (χ1v) is 13.1. The lowest BCUT2D eigenvalue weighted by Crippen LogP contribution is -2.50. The zero-order valence-electron chi connectivity index (χ0n) is 21.3. The zero-order valence-corrected chi connectivity index (χ0v) is 21.3. The molecule has 0 unspecified atom stereocenters. The van der Waals surface area contributed by atoms with E-state index in [9.17, 15) is 9.59 Å². The van der Waals surface area contributed by atoms with Gasteiger partial charge in [-0.25, -0.2) is 0 Å². The number of hydrogen-bond donors (Lipinski definition) is 0. The van der Waals surface area contributed by atoms with E-state index in [2.05, 4.69) is 77.7 Å². The third-order valence-electron chi connectivity index (χ3n) is 7.03. The molecule has 0 spiro atoms. The standard InChI is InChI=1S/C31H37N3O2/c1-2-29(35)32(20-18-26-12-6-3-7-13-26)21-19-30(36)33-22-24-34(25-23-33)31(27-14-8-4-9-15-27)28-16-10-5-11-17-28/h3-17,31H,2,18-25H2,1H3. The average Bonchev–Trinajstić information content (AvgIpc) is 2.95. The van der Waals surface area contributed by atoms with Crippen molar-refractivity contribution in [1.82, 2.24) is 14.7 Å². The molecule has 36 heavy (non-hydrogen) atoms. The second-order valence-corrected chi connectivity index (χ2v) is 9.36. The van der Waals surface area contributed by atoms with Gasteiger partial charge < -0.3 is 9.80 Å². The first-order valence-electron chi connectivity index (χ1n) is 13.1. The van der Waals surface area contributed by atoms with Crippen LogP contribution in [0.5, 0.6) is 0 Å². The van der Waals surface area contributed by atoms with Crippen molar-refractivity contribution in [3.8, 4) is 0 Å². The van der Waals surface area contributed by atoms with Crippen LogP contribution < -0.4 is 0 Å². The number of carbonyl (C=O) groups is 2. The molecule has 188 valence electrons. The molecule has 3 aromatic carbocycles. The van der Waals surface area contributed by atoms with Gasteiger partial charge in [-0.2, -0.15) is 0 Å². The maximum absolute atomic E-state index is 13.1. The Morgan fingerprint density at radius 2 is 1.28 bits per heavy atom. The first-order chi connectivity index (χ1) is 17.7. The number of carbonyl (C=O) groups excluding carboxylic acids is 2. The zero-order chi connectivity index (χ0) is 25.2. The molecule has 1 saturated heterocycles. The highest BCUT2D eigenvalue weighted by atomic mass is 16.2. The van der Waals surface area contributed by atoms with E-state index in [-0.39, 0.29) is 17.9 Å². The van der Waals surface area contributed by atoms with Crippen LogP contribution in [-0.4, -0.2) is 65.8 Å². The van der Waals surface area contributed by atoms with Crippen LogP contribution in [0.25, 0.3) is 0 Å². The van der Waals surface area contributed by atoms with Gasteiger partial charge in [-0.15, -0.1) is 0 Å². The van der Waals surface area contributed by atoms with Crippen molar-refractivity contribution in [2.24, 2.45) is 0 Å². The molecule has 4 rings (SSSR count). The molecule has 5 nitrogen and oxygen atoms in total. The number of rotatable bonds is 10. The van der Waals surface area contributed by atoms with Gasteiger partial charge in [0.05, 0.1) is 6.04 Å². The highest BCUT2D eigenvalue weighted by molar-refractivity contribution is 5.79. The third kappa shape index (κ3) is 6.82. The Bertz CT molecular complexity index is 1040. The van der Waals surface area contributed by atoms with E-state index < -0.39 is 0 Å². The van der Waals surface area contributed by atoms with Crippen LogP contribution in [0.4, 0.5) is 0 Å². The van der Waals surface area contributed by atoms with Crippen molar-refractivity contribution in [3.63, 3.8) is 0 Å². The monoisotopic (exact) mass is 483 g/mol. The Balaban J connectivity index is 1.32. The van der Waals surface area contributed by atoms with Gasteiger partial charge in [0.15, 0.2) is 0 Å². The Morgan fingerprint density at radius 1 is 0.750 bits per heavy atom. The molecule has 5 heteroatoms. The van der Waals surface area contributed by atoms with E-state index >= 15 is 0 Å². The lowest BCUT2D eigenvalue weighted by molar-refractivity contribution is -0.135. The molecule has 0 N–H and O–H groups in total. The Morgan fingerprint density at radius 3 is 1.81 bits per heavy atom. The third-order valence-corrected chi connectivity index (χ3v) is 7.03. The number of benzene rings is 3. The van der Waals surface area contributed by atoms with E-state index in [4.69, 9.17) is 0 Å². The second-order valence-electron chi connectivity index (χ2n) is 9.36. The molecule has 0 atom stereocenters. The maximum Gasteiger partial charge on any atom is 0.224 e. The fourth-order valence-corrected chi connectivity index (χ4v) is 5.00. The summed E-state index contributed by atoms with van der Waals surface area (Å²) in [4.78, 5) is 31.9. The molecule has 1 fully saturated rings. The summed E-state index contributed by atoms with van der Waals surface area (Å²) in [6.07, 6.45) is 1.64. The number of amides is 2. The van der Waals surface area contributed by atoms with Crippen molar-refractivity contribution in [1.29, 1.82) is 0 Å². The molecule has 0 saturated carbocycles. The molecule has 1 aliphatic heterocycles. The van der Waals surface area contributed by atoms with Crippen LogP contribution in [0.2, 0.25) is 0 Å². The van der Waals surface area contributed by atoms with Crippen LogP contribution in [0, 0.1) is 0 Å². The summed E-state index contributed by atoms with van der Waals surface area (Å²) in [5.41, 5.74) is 3.76. The van der Waals surface area contributed by atoms with Crippen molar-refractivity contribution in [2.75, 3.05) is 39.3 Å². The topological polar surface area (TPSA) is 43.9 Å². The highest BCUT2D eigenvalue weighted by Crippen LogP contribution is 2.29. The van der Waals surface area contributed by atoms with Crippen molar-refractivity contribution in [2.45, 2.75) is 32.2 Å². The minimum Gasteiger partial charge on any atom is -0.342 e. The van der Waals surface area contributed by atoms with E-state index in [0.29, 0.717) is 39.0 Å². The molecule has 0 radical (unpaired) electrons. The fourth-order valence-electron chi connectivity index (χ4n) is 5.00. The smallest absolute Gasteiger partial charge is 0.224 e. The van der Waals surface area contributed by atoms with E-state index in [1.807, 2.05) is 34.9 Å². The Labute approximate surface area is 215 Å². The molecule has 3 aromatic rings. The summed E-state index contributed by atoms with van der Waals surface area (Å²) < 4.78 is 0. The summed E-state index contributed by atoms with van der Waals surface area (Å²) in [7, 11) is 0. The Kier molecular flexibility index (Phi) is 9.28. The summed E-state index contributed by atoms with van der Waals surface area (Å²) in [6, 6.07) is 31.6. The summed E-state index contributed by atoms with van der Waals surface area (Å²) in [5.74, 6) is 0.247. The first kappa shape index (κ1) is 25.6. The molecule has 1 heterocycles. The number of piperazine rings is 1. The van der Waals surface area contributed by atoms with Crippen molar-refractivity contribution < 1.29 is 9.59 Å². The van der Waals surface area contributed by atoms with Crippen LogP contribution in [0.15, 0.2) is 91.0 Å². The summed E-state index contributed by atoms with van der Waals surface area (Å²) in [6.45, 7) is 6.08. The van der Waals surface area contributed by atoms with Gasteiger partial charge in [-0.05, 0) is 23.1 Å². The number of hydrogen-bond acceptors (Lipinski definition) is 3. The van der Waals surface area contributed by atoms with Crippen LogP contribution >= 0.6 is 0 Å². The molecule has 1 aliphatic rings. The van der Waals surface area contributed by atoms with E-state index in [1.54, 1.807) is 0 Å². The molecule has 0 aliphatic carbocycles. The van der Waals surface area contributed by atoms with Crippen molar-refractivity contribution >= 4 is 11.8 Å². The lowest BCUT2D eigenvalue weighted by atomic mass is 9.96. The fraction of sp³-hybridized carbons (Fsp3) is 0.355. The maximum atomic E-state index is 13.1. The quantitative estimate of drug-likeness (QED) is 0.416. The van der Waals surface area contributed by atoms with E-state index in [0.717, 1.165) is 19.5 Å². The second kappa shape index (κ2) is 13.0. The van der Waals surface area contributed by atoms with Crippen LogP contribution in [0.1, 0.15) is 42.5 Å². The highest BCUT2D eigenvalue weighted by Gasteiger charge is 2.28. The largest absolute Gasteiger partial charge is 0.342 e. The Hall–Kier alpha value is -3.44. The summed E-state index contributed by atoms with van der Waals surface area (Å²) in [5, 5.41) is 0. The lowest BCUT2D eigenvalue weighted by Gasteiger charge is -2.40. The number of nitrogens with zero attached hydrogens (tertiary/aromatic N) is 3. The van der Waals surface area contributed by atoms with Gasteiger partial charge in [0.25, 0.3) is 0 Å². The van der Waals surface area contributed by atoms with Gasteiger partial charge >= 0.3 is 0 Å². The molecule has 0 aromatic heterocycles. The minimum absolute atomic E-state index is 0.108. The van der Waals surface area contributed by atoms with Gasteiger partial charge in [0.1, 0.15) is 0 Å².